The Hall–Kier alpha value is -2.69. The number of halogens is 3. The van der Waals surface area contributed by atoms with E-state index in [9.17, 15) is 18.0 Å². The molecule has 1 heterocycles. The molecule has 34 heavy (non-hydrogen) atoms. The Balaban J connectivity index is 1.77. The molecule has 0 unspecified atom stereocenters. The van der Waals surface area contributed by atoms with Crippen molar-refractivity contribution in [1.82, 2.24) is 14.9 Å². The summed E-state index contributed by atoms with van der Waals surface area (Å²) in [4.78, 5) is 17.5. The van der Waals surface area contributed by atoms with Crippen molar-refractivity contribution in [2.75, 3.05) is 26.7 Å². The molecule has 2 fully saturated rings. The van der Waals surface area contributed by atoms with Crippen molar-refractivity contribution in [3.8, 4) is 5.75 Å². The summed E-state index contributed by atoms with van der Waals surface area (Å²) in [6.45, 7) is -0.510. The lowest BCUT2D eigenvalue weighted by molar-refractivity contribution is -0.142. The summed E-state index contributed by atoms with van der Waals surface area (Å²) >= 11 is 0. The van der Waals surface area contributed by atoms with E-state index in [1.165, 1.54) is 25.4 Å². The largest absolute Gasteiger partial charge is 0.489 e. The molecule has 190 valence electrons. The van der Waals surface area contributed by atoms with E-state index >= 15 is 0 Å². The minimum absolute atomic E-state index is 0.153. The number of pyridine rings is 1. The van der Waals surface area contributed by atoms with E-state index in [1.54, 1.807) is 6.07 Å². The molecule has 0 radical (unpaired) electrons. The first-order valence-electron chi connectivity index (χ1n) is 11.7. The van der Waals surface area contributed by atoms with Crippen LogP contribution in [-0.2, 0) is 4.74 Å². The number of nitrogens with zero attached hydrogens (tertiary/aromatic N) is 3. The summed E-state index contributed by atoms with van der Waals surface area (Å²) in [6, 6.07) is 3.59. The molecule has 0 saturated heterocycles. The smallest absolute Gasteiger partial charge is 0.410 e. The highest BCUT2D eigenvalue weighted by Gasteiger charge is 2.33. The van der Waals surface area contributed by atoms with Crippen LogP contribution in [0.3, 0.4) is 0 Å². The maximum Gasteiger partial charge on any atom is 0.410 e. The lowest BCUT2D eigenvalue weighted by atomic mass is 9.98. The van der Waals surface area contributed by atoms with E-state index in [2.05, 4.69) is 0 Å². The number of hydrogen-bond acceptors (Lipinski definition) is 7. The molecule has 11 heteroatoms. The monoisotopic (exact) mass is 485 g/mol. The molecular weight excluding hydrogens is 451 g/mol. The van der Waals surface area contributed by atoms with Gasteiger partial charge in [-0.3, -0.25) is 4.90 Å². The van der Waals surface area contributed by atoms with Gasteiger partial charge in [0.2, 0.25) is 0 Å². The molecule has 2 aliphatic rings. The van der Waals surface area contributed by atoms with Crippen LogP contribution in [0.1, 0.15) is 69.2 Å². The number of alkyl halides is 3. The number of ether oxygens (including phenoxy) is 2. The molecule has 2 saturated carbocycles. The van der Waals surface area contributed by atoms with Crippen LogP contribution in [0, 0.1) is 0 Å². The molecule has 0 aliphatic heterocycles. The van der Waals surface area contributed by atoms with Gasteiger partial charge in [-0.05, 0) is 57.6 Å². The molecule has 1 aromatic heterocycles. The fraction of sp³-hybridized carbons (Fsp3) is 0.652. The van der Waals surface area contributed by atoms with Crippen LogP contribution in [0.5, 0.6) is 5.75 Å². The van der Waals surface area contributed by atoms with Crippen molar-refractivity contribution < 1.29 is 27.4 Å². The molecule has 4 N–H and O–H groups in total. The molecule has 3 rings (SSSR count). The molecule has 0 bridgehead atoms. The maximum absolute atomic E-state index is 12.7. The molecule has 8 nitrogen and oxygen atoms in total. The second kappa shape index (κ2) is 11.2. The molecule has 0 atom stereocenters. The summed E-state index contributed by atoms with van der Waals surface area (Å²) in [5.74, 6) is 6.97. The van der Waals surface area contributed by atoms with Crippen LogP contribution >= 0.6 is 0 Å². The van der Waals surface area contributed by atoms with Crippen molar-refractivity contribution >= 4 is 11.8 Å². The second-order valence-electron chi connectivity index (χ2n) is 8.89. The Bertz CT molecular complexity index is 881. The first-order valence-corrected chi connectivity index (χ1v) is 11.7. The third kappa shape index (κ3) is 7.15. The summed E-state index contributed by atoms with van der Waals surface area (Å²) in [7, 11) is 1.51. The van der Waals surface area contributed by atoms with Crippen molar-refractivity contribution in [1.29, 1.82) is 0 Å². The number of likely N-dealkylation sites (N-methyl/N-ethyl adjacent to an activating group) is 1. The van der Waals surface area contributed by atoms with E-state index in [1.807, 2.05) is 6.07 Å². The van der Waals surface area contributed by atoms with Gasteiger partial charge in [0, 0.05) is 19.5 Å². The normalized spacial score (nSPS) is 17.7. The molecule has 1 aromatic rings. The summed E-state index contributed by atoms with van der Waals surface area (Å²) < 4.78 is 49.4. The van der Waals surface area contributed by atoms with Gasteiger partial charge in [0.1, 0.15) is 18.9 Å². The molecule has 1 amide bonds. The number of hydrogen-bond donors (Lipinski definition) is 2. The number of carbonyl (C=O) groups is 1. The van der Waals surface area contributed by atoms with Gasteiger partial charge in [0.05, 0.1) is 28.9 Å². The Kier molecular flexibility index (Phi) is 8.51. The van der Waals surface area contributed by atoms with Crippen molar-refractivity contribution in [2.24, 2.45) is 11.6 Å². The average Bonchev–Trinajstić information content (AvgIpc) is 3.63. The van der Waals surface area contributed by atoms with Crippen molar-refractivity contribution in [2.45, 2.75) is 70.1 Å². The zero-order valence-corrected chi connectivity index (χ0v) is 19.7. The number of rotatable bonds is 9. The van der Waals surface area contributed by atoms with Gasteiger partial charge >= 0.3 is 12.3 Å². The number of nitrogens with two attached hydrogens (primary N) is 2. The first kappa shape index (κ1) is 25.9. The summed E-state index contributed by atoms with van der Waals surface area (Å²) in [5, 5.41) is 1.17. The van der Waals surface area contributed by atoms with Gasteiger partial charge in [-0.1, -0.05) is 6.42 Å². The van der Waals surface area contributed by atoms with Crippen molar-refractivity contribution in [3.05, 3.63) is 29.2 Å². The van der Waals surface area contributed by atoms with Gasteiger partial charge in [-0.25, -0.2) is 15.6 Å². The zero-order valence-electron chi connectivity index (χ0n) is 19.7. The van der Waals surface area contributed by atoms with Gasteiger partial charge in [-0.15, -0.1) is 0 Å². The predicted molar refractivity (Wildman–Crippen MR) is 121 cm³/mol. The fourth-order valence-corrected chi connectivity index (χ4v) is 3.98. The molecular formula is C23H34F3N5O3. The number of amides is 1. The van der Waals surface area contributed by atoms with E-state index < -0.39 is 25.4 Å². The summed E-state index contributed by atoms with van der Waals surface area (Å²) in [6.07, 6.45) is 2.23. The Labute approximate surface area is 198 Å². The Morgan fingerprint density at radius 2 is 1.85 bits per heavy atom. The number of hydrazine groups is 1. The van der Waals surface area contributed by atoms with Crippen LogP contribution in [0.15, 0.2) is 17.8 Å². The van der Waals surface area contributed by atoms with Crippen molar-refractivity contribution in [3.63, 3.8) is 0 Å². The topological polar surface area (TPSA) is 107 Å². The SMILES string of the molecule is CCN(CC(F)(F)F)C(=O)OC/C(=C(/N)c1ccc(OC2CCCCC2)c(C2CC2)n1)N(C)N. The van der Waals surface area contributed by atoms with Gasteiger partial charge in [0.25, 0.3) is 0 Å². The predicted octanol–water partition coefficient (Wildman–Crippen LogP) is 4.12. The second-order valence-corrected chi connectivity index (χ2v) is 8.89. The zero-order chi connectivity index (χ0) is 24.9. The van der Waals surface area contributed by atoms with Crippen LogP contribution in [-0.4, -0.2) is 60.0 Å². The first-order chi connectivity index (χ1) is 16.1. The van der Waals surface area contributed by atoms with E-state index in [-0.39, 0.29) is 24.0 Å². The molecule has 0 aromatic carbocycles. The highest BCUT2D eigenvalue weighted by Crippen LogP contribution is 2.44. The van der Waals surface area contributed by atoms with Gasteiger partial charge < -0.3 is 20.2 Å². The van der Waals surface area contributed by atoms with E-state index in [4.69, 9.17) is 26.0 Å². The lowest BCUT2D eigenvalue weighted by Crippen LogP contribution is -2.40. The minimum Gasteiger partial charge on any atom is -0.489 e. The standard InChI is InChI=1S/C23H34F3N5O3/c1-3-31(14-23(24,25)26)22(32)33-13-18(30(2)28)20(27)17-11-12-19(21(29-17)15-9-10-15)34-16-7-5-4-6-8-16/h11-12,15-16H,3-10,13-14,27-28H2,1-2H3/b20-18-. The number of aromatic nitrogens is 1. The van der Waals surface area contributed by atoms with Gasteiger partial charge in [0.15, 0.2) is 0 Å². The maximum atomic E-state index is 12.7. The van der Waals surface area contributed by atoms with E-state index in [0.717, 1.165) is 50.0 Å². The quantitative estimate of drug-likeness (QED) is 0.400. The highest BCUT2D eigenvalue weighted by atomic mass is 19.4. The third-order valence-corrected chi connectivity index (χ3v) is 6.05. The summed E-state index contributed by atoms with van der Waals surface area (Å²) in [5.41, 5.74) is 8.04. The van der Waals surface area contributed by atoms with E-state index in [0.29, 0.717) is 16.5 Å². The molecule has 0 spiro atoms. The third-order valence-electron chi connectivity index (χ3n) is 6.05. The fourth-order valence-electron chi connectivity index (χ4n) is 3.98. The molecule has 2 aliphatic carbocycles. The highest BCUT2D eigenvalue weighted by molar-refractivity contribution is 5.69. The average molecular weight is 486 g/mol. The van der Waals surface area contributed by atoms with Crippen LogP contribution in [0.25, 0.3) is 5.70 Å². The lowest BCUT2D eigenvalue weighted by Gasteiger charge is -2.25. The van der Waals surface area contributed by atoms with Crippen LogP contribution < -0.4 is 16.3 Å². The minimum atomic E-state index is -4.53. The van der Waals surface area contributed by atoms with Gasteiger partial charge in [-0.2, -0.15) is 13.2 Å². The Morgan fingerprint density at radius 3 is 2.41 bits per heavy atom. The Morgan fingerprint density at radius 1 is 1.18 bits per heavy atom. The van der Waals surface area contributed by atoms with Crippen LogP contribution in [0.2, 0.25) is 0 Å². The van der Waals surface area contributed by atoms with Crippen LogP contribution in [0.4, 0.5) is 18.0 Å². The number of carbonyl (C=O) groups excluding carboxylic acids is 1.